The van der Waals surface area contributed by atoms with Crippen molar-refractivity contribution in [3.63, 3.8) is 0 Å². The van der Waals surface area contributed by atoms with Gasteiger partial charge in [-0.1, -0.05) is 31.0 Å². The number of aliphatic hydroxyl groups is 1. The van der Waals surface area contributed by atoms with Gasteiger partial charge < -0.3 is 5.11 Å². The van der Waals surface area contributed by atoms with E-state index in [-0.39, 0.29) is 11.3 Å². The molecule has 0 amide bonds. The van der Waals surface area contributed by atoms with E-state index in [0.29, 0.717) is 6.42 Å². The van der Waals surface area contributed by atoms with Gasteiger partial charge in [-0.15, -0.1) is 0 Å². The van der Waals surface area contributed by atoms with Crippen molar-refractivity contribution in [3.8, 4) is 0 Å². The number of rotatable bonds is 7. The average Bonchev–Trinajstić information content (AvgIpc) is 2.37. The van der Waals surface area contributed by atoms with Crippen LogP contribution in [0.15, 0.2) is 29.2 Å². The normalized spacial score (nSPS) is 15.2. The first kappa shape index (κ1) is 16.1. The van der Waals surface area contributed by atoms with Gasteiger partial charge in [-0.25, -0.2) is 4.39 Å². The first-order valence-corrected chi connectivity index (χ1v) is 7.56. The lowest BCUT2D eigenvalue weighted by atomic mass is 10.1. The molecule has 2 atom stereocenters. The topological polar surface area (TPSA) is 63.6 Å². The van der Waals surface area contributed by atoms with Crippen molar-refractivity contribution in [3.05, 3.63) is 29.8 Å². The number of aliphatic hydroxyl groups excluding tert-OH is 1. The molecule has 1 N–H and O–H groups in total. The highest BCUT2D eigenvalue weighted by Crippen LogP contribution is 2.15. The van der Waals surface area contributed by atoms with Gasteiger partial charge in [0.2, 0.25) is 0 Å². The third-order valence-electron chi connectivity index (χ3n) is 2.69. The van der Waals surface area contributed by atoms with Gasteiger partial charge in [-0.2, -0.15) is 8.42 Å². The van der Waals surface area contributed by atoms with E-state index in [0.717, 1.165) is 5.56 Å². The van der Waals surface area contributed by atoms with E-state index < -0.39 is 29.0 Å². The Labute approximate surface area is 113 Å². The highest BCUT2D eigenvalue weighted by Gasteiger charge is 2.22. The predicted molar refractivity (Wildman–Crippen MR) is 70.1 cm³/mol. The molecular formula is C13H19FO4S. The number of hydrogen-bond acceptors (Lipinski definition) is 4. The lowest BCUT2D eigenvalue weighted by Crippen LogP contribution is -2.28. The summed E-state index contributed by atoms with van der Waals surface area (Å²) in [5.41, 5.74) is 0.922. The molecule has 19 heavy (non-hydrogen) atoms. The number of halogens is 1. The molecule has 0 unspecified atom stereocenters. The van der Waals surface area contributed by atoms with Crippen molar-refractivity contribution in [1.82, 2.24) is 0 Å². The zero-order valence-electron chi connectivity index (χ0n) is 11.0. The van der Waals surface area contributed by atoms with Gasteiger partial charge in [0.1, 0.15) is 12.3 Å². The van der Waals surface area contributed by atoms with Crippen molar-refractivity contribution in [1.29, 1.82) is 0 Å². The Bertz CT molecular complexity index is 484. The Morgan fingerprint density at radius 2 is 1.89 bits per heavy atom. The summed E-state index contributed by atoms with van der Waals surface area (Å²) in [7, 11) is -3.95. The third kappa shape index (κ3) is 4.89. The predicted octanol–water partition coefficient (Wildman–Crippen LogP) is 2.20. The van der Waals surface area contributed by atoms with E-state index in [1.807, 2.05) is 6.92 Å². The average molecular weight is 290 g/mol. The summed E-state index contributed by atoms with van der Waals surface area (Å²) in [5, 5.41) is 9.44. The van der Waals surface area contributed by atoms with E-state index in [2.05, 4.69) is 4.18 Å². The maximum Gasteiger partial charge on any atom is 0.297 e. The first-order valence-electron chi connectivity index (χ1n) is 6.15. The van der Waals surface area contributed by atoms with Crippen LogP contribution in [0, 0.1) is 6.92 Å². The highest BCUT2D eigenvalue weighted by molar-refractivity contribution is 7.86. The minimum Gasteiger partial charge on any atom is -0.388 e. The van der Waals surface area contributed by atoms with Crippen LogP contribution >= 0.6 is 0 Å². The molecule has 6 heteroatoms. The Morgan fingerprint density at radius 3 is 2.42 bits per heavy atom. The Morgan fingerprint density at radius 1 is 1.32 bits per heavy atom. The van der Waals surface area contributed by atoms with Crippen LogP contribution < -0.4 is 0 Å². The second kappa shape index (κ2) is 6.98. The van der Waals surface area contributed by atoms with Gasteiger partial charge in [0, 0.05) is 0 Å². The van der Waals surface area contributed by atoms with Gasteiger partial charge >= 0.3 is 0 Å². The fourth-order valence-corrected chi connectivity index (χ4v) is 2.43. The van der Waals surface area contributed by atoms with Crippen molar-refractivity contribution in [2.75, 3.05) is 6.61 Å². The third-order valence-corrected chi connectivity index (χ3v) is 3.98. The van der Waals surface area contributed by atoms with Gasteiger partial charge in [-0.3, -0.25) is 4.18 Å². The molecule has 0 aliphatic carbocycles. The SMILES string of the molecule is CCC[C@@H](F)[C@@H](O)COS(=O)(=O)c1ccc(C)cc1. The van der Waals surface area contributed by atoms with Crippen LogP contribution in [0.4, 0.5) is 4.39 Å². The quantitative estimate of drug-likeness (QED) is 0.782. The van der Waals surface area contributed by atoms with Crippen LogP contribution in [0.1, 0.15) is 25.3 Å². The fraction of sp³-hybridized carbons (Fsp3) is 0.538. The largest absolute Gasteiger partial charge is 0.388 e. The maximum atomic E-state index is 13.3. The molecule has 0 aliphatic heterocycles. The van der Waals surface area contributed by atoms with Gasteiger partial charge in [0.15, 0.2) is 0 Å². The second-order valence-corrected chi connectivity index (χ2v) is 6.04. The number of hydrogen-bond donors (Lipinski definition) is 1. The number of aryl methyl sites for hydroxylation is 1. The number of alkyl halides is 1. The van der Waals surface area contributed by atoms with Crippen molar-refractivity contribution >= 4 is 10.1 Å². The standard InChI is InChI=1S/C13H19FO4S/c1-3-4-12(14)13(15)9-18-19(16,17)11-7-5-10(2)6-8-11/h5-8,12-13,15H,3-4,9H2,1-2H3/t12-,13+/m1/s1. The molecule has 0 spiro atoms. The molecule has 0 aromatic heterocycles. The smallest absolute Gasteiger partial charge is 0.297 e. The fourth-order valence-electron chi connectivity index (χ4n) is 1.50. The first-order chi connectivity index (χ1) is 8.86. The zero-order chi connectivity index (χ0) is 14.5. The minimum absolute atomic E-state index is 0.00352. The lowest BCUT2D eigenvalue weighted by Gasteiger charge is -2.15. The summed E-state index contributed by atoms with van der Waals surface area (Å²) < 4.78 is 41.5. The summed E-state index contributed by atoms with van der Waals surface area (Å²) in [4.78, 5) is -0.00352. The van der Waals surface area contributed by atoms with E-state index in [9.17, 15) is 17.9 Å². The van der Waals surface area contributed by atoms with Crippen LogP contribution in [-0.2, 0) is 14.3 Å². The molecule has 0 saturated heterocycles. The molecule has 0 fully saturated rings. The molecular weight excluding hydrogens is 271 g/mol. The molecule has 108 valence electrons. The van der Waals surface area contributed by atoms with Crippen LogP contribution in [0.3, 0.4) is 0 Å². The van der Waals surface area contributed by atoms with Crippen LogP contribution in [-0.4, -0.2) is 32.4 Å². The van der Waals surface area contributed by atoms with Crippen LogP contribution in [0.5, 0.6) is 0 Å². The molecule has 0 radical (unpaired) electrons. The highest BCUT2D eigenvalue weighted by atomic mass is 32.2. The number of benzene rings is 1. The van der Waals surface area contributed by atoms with E-state index in [1.165, 1.54) is 12.1 Å². The molecule has 1 aromatic rings. The van der Waals surface area contributed by atoms with E-state index in [4.69, 9.17) is 0 Å². The summed E-state index contributed by atoms with van der Waals surface area (Å²) in [6.07, 6.45) is -2.16. The Kier molecular flexibility index (Phi) is 5.90. The molecule has 0 heterocycles. The molecule has 0 bridgehead atoms. The minimum atomic E-state index is -3.95. The van der Waals surface area contributed by atoms with Crippen molar-refractivity contribution < 1.29 is 22.1 Å². The van der Waals surface area contributed by atoms with Gasteiger partial charge in [0.25, 0.3) is 10.1 Å². The van der Waals surface area contributed by atoms with Gasteiger partial charge in [-0.05, 0) is 25.5 Å². The van der Waals surface area contributed by atoms with Gasteiger partial charge in [0.05, 0.1) is 11.5 Å². The summed E-state index contributed by atoms with van der Waals surface area (Å²) in [6, 6.07) is 6.11. The van der Waals surface area contributed by atoms with Crippen LogP contribution in [0.2, 0.25) is 0 Å². The monoisotopic (exact) mass is 290 g/mol. The molecule has 0 saturated carbocycles. The summed E-state index contributed by atoms with van der Waals surface area (Å²) >= 11 is 0. The molecule has 0 aliphatic rings. The van der Waals surface area contributed by atoms with Crippen molar-refractivity contribution in [2.45, 2.75) is 43.9 Å². The molecule has 1 rings (SSSR count). The molecule has 4 nitrogen and oxygen atoms in total. The van der Waals surface area contributed by atoms with Crippen molar-refractivity contribution in [2.24, 2.45) is 0 Å². The zero-order valence-corrected chi connectivity index (χ0v) is 11.9. The maximum absolute atomic E-state index is 13.3. The second-order valence-electron chi connectivity index (χ2n) is 4.42. The van der Waals surface area contributed by atoms with Crippen LogP contribution in [0.25, 0.3) is 0 Å². The molecule has 1 aromatic carbocycles. The lowest BCUT2D eigenvalue weighted by molar-refractivity contribution is 0.0350. The summed E-state index contributed by atoms with van der Waals surface area (Å²) in [6.45, 7) is 3.04. The summed E-state index contributed by atoms with van der Waals surface area (Å²) in [5.74, 6) is 0. The van der Waals surface area contributed by atoms with E-state index in [1.54, 1.807) is 19.1 Å². The Balaban J connectivity index is 2.63. The van der Waals surface area contributed by atoms with E-state index >= 15 is 0 Å². The Hall–Kier alpha value is -0.980.